The van der Waals surface area contributed by atoms with Crippen LogP contribution in [0.3, 0.4) is 0 Å². The normalized spacial score (nSPS) is 16.5. The van der Waals surface area contributed by atoms with Crippen LogP contribution in [0.2, 0.25) is 0 Å². The van der Waals surface area contributed by atoms with Gasteiger partial charge in [0.1, 0.15) is 66.9 Å². The molecule has 7 rings (SSSR count). The summed E-state index contributed by atoms with van der Waals surface area (Å²) in [6.07, 6.45) is 5.19. The third-order valence-electron chi connectivity index (χ3n) is 14.5. The topological polar surface area (TPSA) is 128 Å². The molecule has 408 valence electrons. The smallest absolute Gasteiger partial charge is 0.142 e. The average molecular weight is 1040 g/mol. The van der Waals surface area contributed by atoms with Crippen molar-refractivity contribution in [2.24, 2.45) is 0 Å². The molecule has 0 bridgehead atoms. The molecule has 11 heteroatoms. The van der Waals surface area contributed by atoms with Crippen LogP contribution < -0.4 is 24.2 Å². The van der Waals surface area contributed by atoms with Gasteiger partial charge in [-0.1, -0.05) is 135 Å². The van der Waals surface area contributed by atoms with Crippen molar-refractivity contribution in [1.82, 2.24) is 0 Å². The molecule has 1 saturated heterocycles. The minimum Gasteiger partial charge on any atom is -0.507 e. The quantitative estimate of drug-likeness (QED) is 0.0388. The van der Waals surface area contributed by atoms with Crippen molar-refractivity contribution in [3.8, 4) is 23.0 Å². The maximum Gasteiger partial charge on any atom is 0.142 e. The summed E-state index contributed by atoms with van der Waals surface area (Å²) in [4.78, 5) is 7.11. The number of rotatable bonds is 26. The zero-order chi connectivity index (χ0) is 54.5. The number of nitrogens with zero attached hydrogens (tertiary/aromatic N) is 3. The number of aliphatic hydroxyl groups is 2. The van der Waals surface area contributed by atoms with E-state index in [1.807, 2.05) is 24.3 Å². The van der Waals surface area contributed by atoms with Gasteiger partial charge >= 0.3 is 0 Å². The van der Waals surface area contributed by atoms with Crippen LogP contribution in [0.1, 0.15) is 145 Å². The Balaban J connectivity index is 1.43. The van der Waals surface area contributed by atoms with Crippen molar-refractivity contribution in [2.75, 3.05) is 54.3 Å². The summed E-state index contributed by atoms with van der Waals surface area (Å²) in [5.74, 6) is 0.705. The lowest BCUT2D eigenvalue weighted by Gasteiger charge is -2.61. The van der Waals surface area contributed by atoms with E-state index in [0.29, 0.717) is 36.0 Å². The second kappa shape index (κ2) is 27.2. The predicted octanol–water partition coefficient (Wildman–Crippen LogP) is 14.2. The summed E-state index contributed by atoms with van der Waals surface area (Å²) in [7, 11) is 0. The summed E-state index contributed by atoms with van der Waals surface area (Å²) in [6.45, 7) is 22.8. The first-order valence-corrected chi connectivity index (χ1v) is 27.7. The molecule has 0 radical (unpaired) electrons. The molecule has 76 heavy (non-hydrogen) atoms. The molecule has 4 N–H and O–H groups in total. The van der Waals surface area contributed by atoms with Crippen molar-refractivity contribution < 1.29 is 39.4 Å². The number of hydrogen-bond donors (Lipinski definition) is 4. The Morgan fingerprint density at radius 1 is 0.395 bits per heavy atom. The fraction of sp³-hybridized carbons (Fsp3) is 0.446. The highest BCUT2D eigenvalue weighted by Crippen LogP contribution is 2.58. The first kappa shape index (κ1) is 57.5. The lowest BCUT2D eigenvalue weighted by atomic mass is 9.90. The van der Waals surface area contributed by atoms with Gasteiger partial charge in [-0.15, -0.1) is 0 Å². The van der Waals surface area contributed by atoms with Crippen LogP contribution in [0.25, 0.3) is 0 Å². The molecule has 1 heterocycles. The number of hydrogen-bond acceptors (Lipinski definition) is 11. The number of phenolic OH excluding ortho intramolecular Hbond substituents is 2. The average Bonchev–Trinajstić information content (AvgIpc) is 3.50. The molecule has 1 aliphatic rings. The molecule has 0 amide bonds. The molecule has 5 unspecified atom stereocenters. The summed E-state index contributed by atoms with van der Waals surface area (Å²) in [5, 5.41) is 47.3. The van der Waals surface area contributed by atoms with Crippen LogP contribution in [-0.2, 0) is 9.47 Å². The second-order valence-corrected chi connectivity index (χ2v) is 21.2. The summed E-state index contributed by atoms with van der Waals surface area (Å²) in [6, 6.07) is 37.0. The van der Waals surface area contributed by atoms with E-state index in [2.05, 4.69) is 157 Å². The number of aromatic hydroxyl groups is 2. The van der Waals surface area contributed by atoms with Crippen LogP contribution in [0.5, 0.6) is 23.0 Å². The van der Waals surface area contributed by atoms with E-state index >= 15 is 0 Å². The monoisotopic (exact) mass is 1040 g/mol. The van der Waals surface area contributed by atoms with E-state index in [1.54, 1.807) is 12.1 Å². The molecule has 1 fully saturated rings. The van der Waals surface area contributed by atoms with Crippen molar-refractivity contribution in [3.05, 3.63) is 170 Å². The highest BCUT2D eigenvalue weighted by atomic mass is 16.5. The van der Waals surface area contributed by atoms with E-state index in [0.717, 1.165) is 92.7 Å². The standard InChI is InChI=1S/C65H85N3O8/c1-11-13-15-16-17-18-32-74-40-52(70)42-76-54-24-30-60(62(72)38-54)68-64(56-26-20-44(4)34-48(56)8)66(58-28-21-45(5)35-49(58)9)63(55-25-19-43(3)33-47(55)7)67(59-29-22-46(6)36-50(59)10)65(68)57-27-23-53(37-61(57)71)75-41-51(69)39-73-31-14-12-2/h19-30,33-38,51-52,63-65,69-72H,11-18,31-32,39-42H2,1-10H3. The zero-order valence-corrected chi connectivity index (χ0v) is 46.9. The molecule has 6 aromatic rings. The van der Waals surface area contributed by atoms with Gasteiger partial charge in [0.15, 0.2) is 0 Å². The van der Waals surface area contributed by atoms with Crippen molar-refractivity contribution in [3.63, 3.8) is 0 Å². The fourth-order valence-electron chi connectivity index (χ4n) is 10.7. The van der Waals surface area contributed by atoms with Gasteiger partial charge in [0.2, 0.25) is 0 Å². The molecular formula is C65H85N3O8. The van der Waals surface area contributed by atoms with E-state index in [4.69, 9.17) is 18.9 Å². The van der Waals surface area contributed by atoms with Crippen molar-refractivity contribution in [2.45, 2.75) is 151 Å². The van der Waals surface area contributed by atoms with Gasteiger partial charge < -0.3 is 54.1 Å². The lowest BCUT2D eigenvalue weighted by molar-refractivity contribution is 0.0109. The van der Waals surface area contributed by atoms with Crippen LogP contribution in [0.4, 0.5) is 17.1 Å². The Kier molecular flexibility index (Phi) is 20.6. The van der Waals surface area contributed by atoms with Gasteiger partial charge in [0.25, 0.3) is 0 Å². The zero-order valence-electron chi connectivity index (χ0n) is 46.9. The number of phenols is 2. The van der Waals surface area contributed by atoms with E-state index in [-0.39, 0.29) is 37.9 Å². The Bertz CT molecular complexity index is 2830. The maximum atomic E-state index is 12.7. The molecule has 1 aliphatic heterocycles. The number of anilines is 3. The van der Waals surface area contributed by atoms with Crippen molar-refractivity contribution >= 4 is 17.1 Å². The van der Waals surface area contributed by atoms with Gasteiger partial charge in [0, 0.05) is 42.3 Å². The lowest BCUT2D eigenvalue weighted by Crippen LogP contribution is -2.61. The number of aliphatic hydroxyl groups excluding tert-OH is 2. The molecule has 0 saturated carbocycles. The highest BCUT2D eigenvalue weighted by molar-refractivity contribution is 5.74. The number of ether oxygens (including phenoxy) is 4. The van der Waals surface area contributed by atoms with Gasteiger partial charge in [-0.25, -0.2) is 0 Å². The van der Waals surface area contributed by atoms with Crippen LogP contribution in [-0.4, -0.2) is 72.3 Å². The minimum atomic E-state index is -0.862. The van der Waals surface area contributed by atoms with E-state index in [1.165, 1.54) is 25.7 Å². The van der Waals surface area contributed by atoms with Gasteiger partial charge in [-0.3, -0.25) is 0 Å². The van der Waals surface area contributed by atoms with Gasteiger partial charge in [-0.05, 0) is 138 Å². The Labute approximate surface area is 453 Å². The largest absolute Gasteiger partial charge is 0.507 e. The summed E-state index contributed by atoms with van der Waals surface area (Å²) >= 11 is 0. The van der Waals surface area contributed by atoms with Crippen LogP contribution >= 0.6 is 0 Å². The minimum absolute atomic E-state index is 0.0173. The van der Waals surface area contributed by atoms with Gasteiger partial charge in [-0.2, -0.15) is 0 Å². The second-order valence-electron chi connectivity index (χ2n) is 21.2. The summed E-state index contributed by atoms with van der Waals surface area (Å²) < 4.78 is 23.9. The first-order valence-electron chi connectivity index (χ1n) is 27.7. The third kappa shape index (κ3) is 14.2. The summed E-state index contributed by atoms with van der Waals surface area (Å²) in [5.41, 5.74) is 13.8. The SMILES string of the molecule is CCCCCCCCOCC(O)COc1ccc(N2C(c3ccc(C)cc3C)N(c3ccc(C)cc3C)C(c3ccc(C)cc3C)N(c3ccc(C)cc3C)C2c2ccc(OCC(O)COCCCC)cc2O)c(O)c1. The molecular weight excluding hydrogens is 951 g/mol. The third-order valence-corrected chi connectivity index (χ3v) is 14.5. The molecule has 6 aromatic carbocycles. The maximum absolute atomic E-state index is 12.7. The number of aryl methyl sites for hydroxylation is 8. The molecule has 5 atom stereocenters. The molecule has 0 aliphatic carbocycles. The first-order chi connectivity index (χ1) is 36.6. The molecule has 0 spiro atoms. The highest BCUT2D eigenvalue weighted by Gasteiger charge is 2.51. The van der Waals surface area contributed by atoms with Crippen molar-refractivity contribution in [1.29, 1.82) is 0 Å². The predicted molar refractivity (Wildman–Crippen MR) is 308 cm³/mol. The Hall–Kier alpha value is -6.24. The number of benzene rings is 6. The number of unbranched alkanes of at least 4 members (excludes halogenated alkanes) is 6. The van der Waals surface area contributed by atoms with E-state index in [9.17, 15) is 20.4 Å². The van der Waals surface area contributed by atoms with Crippen LogP contribution in [0, 0.1) is 55.4 Å². The fourth-order valence-corrected chi connectivity index (χ4v) is 10.7. The Morgan fingerprint density at radius 2 is 0.776 bits per heavy atom. The molecule has 11 nitrogen and oxygen atoms in total. The Morgan fingerprint density at radius 3 is 1.24 bits per heavy atom. The molecule has 0 aromatic heterocycles. The van der Waals surface area contributed by atoms with Gasteiger partial charge in [0.05, 0.1) is 18.9 Å². The van der Waals surface area contributed by atoms with Crippen LogP contribution in [0.15, 0.2) is 109 Å². The van der Waals surface area contributed by atoms with E-state index < -0.39 is 30.7 Å².